The quantitative estimate of drug-likeness (QED) is 0.836. The maximum Gasteiger partial charge on any atom is 0.265 e. The van der Waals surface area contributed by atoms with Crippen molar-refractivity contribution in [3.05, 3.63) is 45.9 Å². The Morgan fingerprint density at radius 2 is 1.92 bits per heavy atom. The lowest BCUT2D eigenvalue weighted by atomic mass is 10.2. The number of nitrogens with zero attached hydrogens (tertiary/aromatic N) is 3. The van der Waals surface area contributed by atoms with Crippen LogP contribution in [0.2, 0.25) is 0 Å². The fourth-order valence-electron chi connectivity index (χ4n) is 2.83. The summed E-state index contributed by atoms with van der Waals surface area (Å²) >= 11 is 1.51. The van der Waals surface area contributed by atoms with Crippen molar-refractivity contribution in [3.8, 4) is 5.75 Å². The van der Waals surface area contributed by atoms with Gasteiger partial charge in [0.2, 0.25) is 0 Å². The third-order valence-corrected chi connectivity index (χ3v) is 5.42. The van der Waals surface area contributed by atoms with Crippen molar-refractivity contribution in [2.75, 3.05) is 33.3 Å². The van der Waals surface area contributed by atoms with Gasteiger partial charge in [0.1, 0.15) is 10.6 Å². The van der Waals surface area contributed by atoms with E-state index in [-0.39, 0.29) is 5.91 Å². The van der Waals surface area contributed by atoms with Gasteiger partial charge in [0.05, 0.1) is 18.3 Å². The largest absolute Gasteiger partial charge is 0.497 e. The highest BCUT2D eigenvalue weighted by Gasteiger charge is 2.23. The van der Waals surface area contributed by atoms with Gasteiger partial charge in [-0.2, -0.15) is 0 Å². The molecule has 1 aliphatic heterocycles. The second kappa shape index (κ2) is 7.77. The number of ether oxygens (including phenoxy) is 1. The fourth-order valence-corrected chi connectivity index (χ4v) is 3.65. The van der Waals surface area contributed by atoms with Crippen molar-refractivity contribution in [1.82, 2.24) is 14.8 Å². The van der Waals surface area contributed by atoms with Crippen molar-refractivity contribution < 1.29 is 9.53 Å². The zero-order valence-electron chi connectivity index (χ0n) is 14.2. The highest BCUT2D eigenvalue weighted by atomic mass is 32.1. The Morgan fingerprint density at radius 3 is 2.50 bits per heavy atom. The van der Waals surface area contributed by atoms with Gasteiger partial charge in [0.15, 0.2) is 0 Å². The first-order valence-electron chi connectivity index (χ1n) is 8.29. The van der Waals surface area contributed by atoms with Gasteiger partial charge in [-0.05, 0) is 24.1 Å². The summed E-state index contributed by atoms with van der Waals surface area (Å²) in [7, 11) is 1.68. The molecule has 24 heavy (non-hydrogen) atoms. The minimum Gasteiger partial charge on any atom is -0.497 e. The molecule has 1 amide bonds. The summed E-state index contributed by atoms with van der Waals surface area (Å²) in [5.41, 5.74) is 1.27. The number of piperazine rings is 1. The molecule has 5 nitrogen and oxygen atoms in total. The number of benzene rings is 1. The van der Waals surface area contributed by atoms with Crippen LogP contribution in [0, 0.1) is 0 Å². The molecule has 2 heterocycles. The predicted molar refractivity (Wildman–Crippen MR) is 95.7 cm³/mol. The van der Waals surface area contributed by atoms with Gasteiger partial charge in [-0.25, -0.2) is 4.98 Å². The molecule has 3 rings (SSSR count). The number of carbonyl (C=O) groups excluding carboxylic acids is 1. The molecule has 0 aliphatic carbocycles. The Morgan fingerprint density at radius 1 is 1.21 bits per heavy atom. The summed E-state index contributed by atoms with van der Waals surface area (Å²) in [5.74, 6) is 1.00. The molecule has 0 N–H and O–H groups in total. The molecular formula is C18H23N3O2S. The van der Waals surface area contributed by atoms with Gasteiger partial charge in [-0.1, -0.05) is 19.1 Å². The van der Waals surface area contributed by atoms with Crippen molar-refractivity contribution in [2.24, 2.45) is 0 Å². The van der Waals surface area contributed by atoms with E-state index in [0.717, 1.165) is 54.8 Å². The molecule has 0 saturated carbocycles. The lowest BCUT2D eigenvalue weighted by Gasteiger charge is -2.34. The van der Waals surface area contributed by atoms with Crippen LogP contribution in [0.5, 0.6) is 5.75 Å². The van der Waals surface area contributed by atoms with Gasteiger partial charge in [0.25, 0.3) is 5.91 Å². The standard InChI is InChI=1S/C18H23N3O2S/c1-3-17-19-12-16(24-17)18(22)21-10-8-20(9-11-21)13-14-4-6-15(23-2)7-5-14/h4-7,12H,3,8-11,13H2,1-2H3. The minimum absolute atomic E-state index is 0.122. The highest BCUT2D eigenvalue weighted by molar-refractivity contribution is 7.13. The van der Waals surface area contributed by atoms with E-state index in [4.69, 9.17) is 4.74 Å². The van der Waals surface area contributed by atoms with Gasteiger partial charge >= 0.3 is 0 Å². The van der Waals surface area contributed by atoms with E-state index in [1.807, 2.05) is 17.0 Å². The second-order valence-corrected chi connectivity index (χ2v) is 7.00. The molecule has 1 fully saturated rings. The molecule has 128 valence electrons. The Hall–Kier alpha value is -1.92. The molecule has 0 spiro atoms. The summed E-state index contributed by atoms with van der Waals surface area (Å²) < 4.78 is 5.19. The summed E-state index contributed by atoms with van der Waals surface area (Å²) in [6.07, 6.45) is 2.60. The smallest absolute Gasteiger partial charge is 0.265 e. The maximum absolute atomic E-state index is 12.5. The third kappa shape index (κ3) is 3.94. The number of thiazole rings is 1. The monoisotopic (exact) mass is 345 g/mol. The molecule has 1 aliphatic rings. The van der Waals surface area contributed by atoms with E-state index >= 15 is 0 Å². The Balaban J connectivity index is 1.52. The average Bonchev–Trinajstić information content (AvgIpc) is 3.11. The van der Waals surface area contributed by atoms with Crippen LogP contribution in [-0.2, 0) is 13.0 Å². The fraction of sp³-hybridized carbons (Fsp3) is 0.444. The first-order chi connectivity index (χ1) is 11.7. The topological polar surface area (TPSA) is 45.7 Å². The van der Waals surface area contributed by atoms with Crippen molar-refractivity contribution in [2.45, 2.75) is 19.9 Å². The van der Waals surface area contributed by atoms with Crippen LogP contribution < -0.4 is 4.74 Å². The highest BCUT2D eigenvalue weighted by Crippen LogP contribution is 2.18. The van der Waals surface area contributed by atoms with Gasteiger partial charge in [0, 0.05) is 32.7 Å². The number of aromatic nitrogens is 1. The number of hydrogen-bond donors (Lipinski definition) is 0. The van der Waals surface area contributed by atoms with Crippen molar-refractivity contribution in [3.63, 3.8) is 0 Å². The van der Waals surface area contributed by atoms with E-state index in [1.165, 1.54) is 16.9 Å². The molecular weight excluding hydrogens is 322 g/mol. The molecule has 1 saturated heterocycles. The molecule has 1 aromatic heterocycles. The molecule has 0 unspecified atom stereocenters. The van der Waals surface area contributed by atoms with Crippen LogP contribution in [0.1, 0.15) is 27.2 Å². The van der Waals surface area contributed by atoms with Gasteiger partial charge in [-0.15, -0.1) is 11.3 Å². The van der Waals surface area contributed by atoms with Crippen LogP contribution >= 0.6 is 11.3 Å². The molecule has 0 bridgehead atoms. The zero-order chi connectivity index (χ0) is 16.9. The number of carbonyl (C=O) groups is 1. The summed E-state index contributed by atoms with van der Waals surface area (Å²) in [5, 5.41) is 1.02. The van der Waals surface area contributed by atoms with E-state index in [0.29, 0.717) is 0 Å². The summed E-state index contributed by atoms with van der Waals surface area (Å²) in [6, 6.07) is 8.17. The van der Waals surface area contributed by atoms with Crippen LogP contribution in [-0.4, -0.2) is 54.0 Å². The van der Waals surface area contributed by atoms with E-state index in [1.54, 1.807) is 13.3 Å². The lowest BCUT2D eigenvalue weighted by Crippen LogP contribution is -2.48. The molecule has 2 aromatic rings. The molecule has 0 atom stereocenters. The second-order valence-electron chi connectivity index (χ2n) is 5.89. The number of amides is 1. The van der Waals surface area contributed by atoms with E-state index in [9.17, 15) is 4.79 Å². The molecule has 1 aromatic carbocycles. The minimum atomic E-state index is 0.122. The van der Waals surface area contributed by atoms with Crippen LogP contribution in [0.15, 0.2) is 30.5 Å². The molecule has 0 radical (unpaired) electrons. The Kier molecular flexibility index (Phi) is 5.48. The first-order valence-corrected chi connectivity index (χ1v) is 9.10. The number of hydrogen-bond acceptors (Lipinski definition) is 5. The summed E-state index contributed by atoms with van der Waals surface area (Å²) in [4.78, 5) is 21.9. The van der Waals surface area contributed by atoms with Gasteiger partial charge in [-0.3, -0.25) is 9.69 Å². The predicted octanol–water partition coefficient (Wildman–Crippen LogP) is 2.67. The normalized spacial score (nSPS) is 15.5. The van der Waals surface area contributed by atoms with E-state index in [2.05, 4.69) is 28.9 Å². The van der Waals surface area contributed by atoms with Gasteiger partial charge < -0.3 is 9.64 Å². The summed E-state index contributed by atoms with van der Waals surface area (Å²) in [6.45, 7) is 6.31. The number of aryl methyl sites for hydroxylation is 1. The van der Waals surface area contributed by atoms with Crippen molar-refractivity contribution in [1.29, 1.82) is 0 Å². The van der Waals surface area contributed by atoms with Crippen LogP contribution in [0.4, 0.5) is 0 Å². The average molecular weight is 345 g/mol. The van der Waals surface area contributed by atoms with E-state index < -0.39 is 0 Å². The third-order valence-electron chi connectivity index (χ3n) is 4.29. The van der Waals surface area contributed by atoms with Crippen LogP contribution in [0.3, 0.4) is 0 Å². The maximum atomic E-state index is 12.5. The Labute approximate surface area is 146 Å². The Bertz CT molecular complexity index is 676. The molecule has 6 heteroatoms. The number of rotatable bonds is 5. The SMILES string of the molecule is CCc1ncc(C(=O)N2CCN(Cc3ccc(OC)cc3)CC2)s1. The van der Waals surface area contributed by atoms with Crippen molar-refractivity contribution >= 4 is 17.2 Å². The first kappa shape index (κ1) is 16.9. The number of methoxy groups -OCH3 is 1. The zero-order valence-corrected chi connectivity index (χ0v) is 15.0. The lowest BCUT2D eigenvalue weighted by molar-refractivity contribution is 0.0633. The van der Waals surface area contributed by atoms with Crippen LogP contribution in [0.25, 0.3) is 0 Å².